The summed E-state index contributed by atoms with van der Waals surface area (Å²) >= 11 is 0. The third-order valence-electron chi connectivity index (χ3n) is 6.46. The van der Waals surface area contributed by atoms with Crippen LogP contribution in [0.4, 0.5) is 20.2 Å². The van der Waals surface area contributed by atoms with E-state index in [-0.39, 0.29) is 36.2 Å². The summed E-state index contributed by atoms with van der Waals surface area (Å²) in [5, 5.41) is 2.69. The number of alkyl halides is 2. The molecule has 3 N–H and O–H groups in total. The van der Waals surface area contributed by atoms with Crippen molar-refractivity contribution in [3.63, 3.8) is 0 Å². The lowest BCUT2D eigenvalue weighted by molar-refractivity contribution is -0.125. The monoisotopic (exact) mass is 436 g/mol. The molecule has 1 aromatic carbocycles. The summed E-state index contributed by atoms with van der Waals surface area (Å²) in [4.78, 5) is 28.8. The SMILES string of the molecule is NC[C@@H](C(=O)Nc1ccc(N2CCOCC2=O)cc1C(F)F)N(CC1CC1)C1CCC1. The van der Waals surface area contributed by atoms with Crippen LogP contribution in [0.1, 0.15) is 44.1 Å². The predicted molar refractivity (Wildman–Crippen MR) is 113 cm³/mol. The molecule has 0 unspecified atom stereocenters. The normalized spacial score (nSPS) is 20.8. The van der Waals surface area contributed by atoms with Gasteiger partial charge in [0, 0.05) is 42.6 Å². The first kappa shape index (κ1) is 22.1. The minimum Gasteiger partial charge on any atom is -0.370 e. The number of benzene rings is 1. The van der Waals surface area contributed by atoms with Crippen molar-refractivity contribution in [1.29, 1.82) is 0 Å². The van der Waals surface area contributed by atoms with Crippen molar-refractivity contribution < 1.29 is 23.1 Å². The molecule has 9 heteroatoms. The molecule has 170 valence electrons. The van der Waals surface area contributed by atoms with E-state index in [1.54, 1.807) is 6.07 Å². The van der Waals surface area contributed by atoms with Crippen LogP contribution in [0.15, 0.2) is 18.2 Å². The number of anilines is 2. The smallest absolute Gasteiger partial charge is 0.265 e. The number of halogens is 2. The van der Waals surface area contributed by atoms with Gasteiger partial charge in [0.2, 0.25) is 5.91 Å². The van der Waals surface area contributed by atoms with Gasteiger partial charge in [-0.15, -0.1) is 0 Å². The van der Waals surface area contributed by atoms with Crippen LogP contribution in [0.3, 0.4) is 0 Å². The molecule has 0 bridgehead atoms. The van der Waals surface area contributed by atoms with Crippen LogP contribution in [-0.2, 0) is 14.3 Å². The number of hydrogen-bond acceptors (Lipinski definition) is 5. The number of ether oxygens (including phenoxy) is 1. The second-order valence-corrected chi connectivity index (χ2v) is 8.64. The molecule has 2 aliphatic carbocycles. The molecule has 1 saturated heterocycles. The van der Waals surface area contributed by atoms with Gasteiger partial charge < -0.3 is 20.7 Å². The van der Waals surface area contributed by atoms with Crippen LogP contribution in [0, 0.1) is 5.92 Å². The molecule has 2 amide bonds. The summed E-state index contributed by atoms with van der Waals surface area (Å²) in [5.74, 6) is -0.0285. The van der Waals surface area contributed by atoms with Crippen molar-refractivity contribution in [2.24, 2.45) is 11.7 Å². The Morgan fingerprint density at radius 2 is 2.06 bits per heavy atom. The lowest BCUT2D eigenvalue weighted by Crippen LogP contribution is -2.55. The van der Waals surface area contributed by atoms with Gasteiger partial charge in [-0.1, -0.05) is 6.42 Å². The van der Waals surface area contributed by atoms with Crippen LogP contribution < -0.4 is 16.0 Å². The van der Waals surface area contributed by atoms with Crippen LogP contribution >= 0.6 is 0 Å². The van der Waals surface area contributed by atoms with Gasteiger partial charge in [-0.2, -0.15) is 0 Å². The molecule has 0 aromatic heterocycles. The Kier molecular flexibility index (Phi) is 6.83. The summed E-state index contributed by atoms with van der Waals surface area (Å²) in [7, 11) is 0. The van der Waals surface area contributed by atoms with E-state index in [4.69, 9.17) is 10.5 Å². The van der Waals surface area contributed by atoms with E-state index in [9.17, 15) is 18.4 Å². The summed E-state index contributed by atoms with van der Waals surface area (Å²) in [6, 6.07) is 4.09. The first-order valence-electron chi connectivity index (χ1n) is 11.0. The largest absolute Gasteiger partial charge is 0.370 e. The molecule has 0 radical (unpaired) electrons. The van der Waals surface area contributed by atoms with Gasteiger partial charge in [0.15, 0.2) is 0 Å². The lowest BCUT2D eigenvalue weighted by Gasteiger charge is -2.41. The average molecular weight is 437 g/mol. The van der Waals surface area contributed by atoms with Crippen LogP contribution in [0.25, 0.3) is 0 Å². The number of nitrogens with one attached hydrogen (secondary N) is 1. The third-order valence-corrected chi connectivity index (χ3v) is 6.46. The van der Waals surface area contributed by atoms with Crippen molar-refractivity contribution in [2.75, 3.05) is 43.1 Å². The molecule has 0 spiro atoms. The molecule has 1 aromatic rings. The topological polar surface area (TPSA) is 87.9 Å². The molecule has 7 nitrogen and oxygen atoms in total. The number of amides is 2. The Hall–Kier alpha value is -2.10. The highest BCUT2D eigenvalue weighted by Crippen LogP contribution is 2.36. The number of hydrogen-bond donors (Lipinski definition) is 2. The summed E-state index contributed by atoms with van der Waals surface area (Å²) in [6.07, 6.45) is 2.76. The van der Waals surface area contributed by atoms with E-state index < -0.39 is 12.5 Å². The first-order chi connectivity index (χ1) is 15.0. The Labute approximate surface area is 180 Å². The number of carbonyl (C=O) groups is 2. The number of morpholine rings is 1. The fourth-order valence-corrected chi connectivity index (χ4v) is 4.26. The minimum atomic E-state index is -2.79. The van der Waals surface area contributed by atoms with Crippen LogP contribution in [0.5, 0.6) is 0 Å². The zero-order chi connectivity index (χ0) is 22.0. The molecule has 1 atom stereocenters. The molecule has 31 heavy (non-hydrogen) atoms. The zero-order valence-corrected chi connectivity index (χ0v) is 17.6. The molecule has 1 aliphatic heterocycles. The van der Waals surface area contributed by atoms with Gasteiger partial charge in [-0.05, 0) is 49.8 Å². The molecule has 4 rings (SSSR count). The van der Waals surface area contributed by atoms with E-state index in [1.807, 2.05) is 0 Å². The maximum Gasteiger partial charge on any atom is 0.265 e. The summed E-state index contributed by atoms with van der Waals surface area (Å²) in [6.45, 7) is 1.56. The highest BCUT2D eigenvalue weighted by atomic mass is 19.3. The fraction of sp³-hybridized carbons (Fsp3) is 0.636. The molecule has 3 aliphatic rings. The second kappa shape index (κ2) is 9.58. The van der Waals surface area contributed by atoms with E-state index in [2.05, 4.69) is 10.2 Å². The highest BCUT2D eigenvalue weighted by molar-refractivity contribution is 5.97. The van der Waals surface area contributed by atoms with Gasteiger partial charge in [0.05, 0.1) is 6.61 Å². The average Bonchev–Trinajstić information content (AvgIpc) is 3.52. The number of carbonyl (C=O) groups excluding carboxylic acids is 2. The van der Waals surface area contributed by atoms with E-state index in [0.29, 0.717) is 30.8 Å². The number of rotatable bonds is 9. The van der Waals surface area contributed by atoms with Gasteiger partial charge in [-0.3, -0.25) is 14.5 Å². The molecular formula is C22H30F2N4O3. The lowest BCUT2D eigenvalue weighted by atomic mass is 9.89. The third kappa shape index (κ3) is 5.05. The second-order valence-electron chi connectivity index (χ2n) is 8.64. The van der Waals surface area contributed by atoms with Gasteiger partial charge in [0.1, 0.15) is 12.6 Å². The molecule has 2 saturated carbocycles. The zero-order valence-electron chi connectivity index (χ0n) is 17.6. The highest BCUT2D eigenvalue weighted by Gasteiger charge is 2.37. The Morgan fingerprint density at radius 3 is 2.65 bits per heavy atom. The molecule has 1 heterocycles. The predicted octanol–water partition coefficient (Wildman–Crippen LogP) is 2.52. The van der Waals surface area contributed by atoms with Gasteiger partial charge in [-0.25, -0.2) is 8.78 Å². The van der Waals surface area contributed by atoms with Gasteiger partial charge in [0.25, 0.3) is 12.3 Å². The maximum absolute atomic E-state index is 13.8. The summed E-state index contributed by atoms with van der Waals surface area (Å²) < 4.78 is 32.7. The Balaban J connectivity index is 1.52. The van der Waals surface area contributed by atoms with Crippen molar-refractivity contribution >= 4 is 23.2 Å². The Bertz CT molecular complexity index is 814. The van der Waals surface area contributed by atoms with Crippen molar-refractivity contribution in [1.82, 2.24) is 4.90 Å². The van der Waals surface area contributed by atoms with Gasteiger partial charge >= 0.3 is 0 Å². The van der Waals surface area contributed by atoms with Crippen molar-refractivity contribution in [3.8, 4) is 0 Å². The van der Waals surface area contributed by atoms with Crippen molar-refractivity contribution in [2.45, 2.75) is 50.6 Å². The fourth-order valence-electron chi connectivity index (χ4n) is 4.26. The molecular weight excluding hydrogens is 406 g/mol. The van der Waals surface area contributed by atoms with Crippen LogP contribution in [-0.4, -0.2) is 61.6 Å². The Morgan fingerprint density at radius 1 is 1.29 bits per heavy atom. The quantitative estimate of drug-likeness (QED) is 0.621. The summed E-state index contributed by atoms with van der Waals surface area (Å²) in [5.41, 5.74) is 6.10. The van der Waals surface area contributed by atoms with Crippen molar-refractivity contribution in [3.05, 3.63) is 23.8 Å². The first-order valence-corrected chi connectivity index (χ1v) is 11.0. The standard InChI is InChI=1S/C22H30F2N4O3/c23-21(24)17-10-16(27-8-9-31-13-20(27)29)6-7-18(17)26-22(30)19(11-25)28(12-14-4-5-14)15-2-1-3-15/h6-7,10,14-15,19,21H,1-5,8-9,11-13,25H2,(H,26,30)/t19-/m0/s1. The number of nitrogens with two attached hydrogens (primary N) is 1. The maximum atomic E-state index is 13.8. The van der Waals surface area contributed by atoms with Crippen LogP contribution in [0.2, 0.25) is 0 Å². The van der Waals surface area contributed by atoms with E-state index in [1.165, 1.54) is 29.9 Å². The molecule has 3 fully saturated rings. The minimum absolute atomic E-state index is 0.0582. The van der Waals surface area contributed by atoms with E-state index in [0.717, 1.165) is 25.8 Å². The number of nitrogens with zero attached hydrogens (tertiary/aromatic N) is 2. The van der Waals surface area contributed by atoms with E-state index >= 15 is 0 Å².